The van der Waals surface area contributed by atoms with Crippen LogP contribution in [0, 0.1) is 5.92 Å². The molecule has 2 fully saturated rings. The zero-order valence-corrected chi connectivity index (χ0v) is 12.1. The second kappa shape index (κ2) is 7.85. The molecular weight excluding hydrogens is 240 g/mol. The van der Waals surface area contributed by atoms with E-state index in [1.54, 1.807) is 0 Å². The van der Waals surface area contributed by atoms with Gasteiger partial charge in [0, 0.05) is 18.6 Å². The largest absolute Gasteiger partial charge is 0.469 e. The molecule has 0 aromatic carbocycles. The third kappa shape index (κ3) is 4.46. The van der Waals surface area contributed by atoms with Gasteiger partial charge in [-0.05, 0) is 38.1 Å². The monoisotopic (exact) mass is 268 g/mol. The Kier molecular flexibility index (Phi) is 6.11. The summed E-state index contributed by atoms with van der Waals surface area (Å²) in [6.45, 7) is 1.93. The second-order valence-electron chi connectivity index (χ2n) is 5.89. The summed E-state index contributed by atoms with van der Waals surface area (Å²) in [5, 5.41) is 7.29. The van der Waals surface area contributed by atoms with Crippen LogP contribution in [0.5, 0.6) is 0 Å². The van der Waals surface area contributed by atoms with E-state index in [0.717, 1.165) is 12.5 Å². The van der Waals surface area contributed by atoms with Crippen molar-refractivity contribution in [1.29, 1.82) is 0 Å². The quantitative estimate of drug-likeness (QED) is 0.747. The standard InChI is InChI=1S/C15H28N2O2/c1-19-15(18)9-11-17-14-7-3-2-6-12(14)13-8-4-5-10-16-13/h12-14,16-17H,2-11H2,1H3. The van der Waals surface area contributed by atoms with Crippen LogP contribution in [0.4, 0.5) is 0 Å². The Morgan fingerprint density at radius 2 is 2.00 bits per heavy atom. The maximum atomic E-state index is 11.2. The fourth-order valence-corrected chi connectivity index (χ4v) is 3.60. The second-order valence-corrected chi connectivity index (χ2v) is 5.89. The Morgan fingerprint density at radius 3 is 2.74 bits per heavy atom. The van der Waals surface area contributed by atoms with Gasteiger partial charge in [-0.1, -0.05) is 19.3 Å². The van der Waals surface area contributed by atoms with E-state index in [1.807, 2.05) is 0 Å². The van der Waals surface area contributed by atoms with Crippen LogP contribution < -0.4 is 10.6 Å². The fourth-order valence-electron chi connectivity index (χ4n) is 3.60. The summed E-state index contributed by atoms with van der Waals surface area (Å²) in [6.07, 6.45) is 9.75. The predicted molar refractivity (Wildman–Crippen MR) is 76.0 cm³/mol. The summed E-state index contributed by atoms with van der Waals surface area (Å²) in [5.74, 6) is 0.627. The first-order chi connectivity index (χ1) is 9.31. The van der Waals surface area contributed by atoms with E-state index in [4.69, 9.17) is 4.74 Å². The van der Waals surface area contributed by atoms with E-state index in [9.17, 15) is 4.79 Å². The zero-order valence-electron chi connectivity index (χ0n) is 12.1. The average Bonchev–Trinajstić information content (AvgIpc) is 2.48. The summed E-state index contributed by atoms with van der Waals surface area (Å²) in [6, 6.07) is 1.26. The van der Waals surface area contributed by atoms with Crippen molar-refractivity contribution in [3.8, 4) is 0 Å². The Morgan fingerprint density at radius 1 is 1.21 bits per heavy atom. The number of rotatable bonds is 5. The molecule has 1 aliphatic carbocycles. The third-order valence-electron chi connectivity index (χ3n) is 4.65. The van der Waals surface area contributed by atoms with Gasteiger partial charge in [-0.2, -0.15) is 0 Å². The Bertz CT molecular complexity index is 277. The maximum Gasteiger partial charge on any atom is 0.306 e. The van der Waals surface area contributed by atoms with Gasteiger partial charge < -0.3 is 15.4 Å². The fraction of sp³-hybridized carbons (Fsp3) is 0.933. The molecule has 1 saturated carbocycles. The molecule has 1 aliphatic heterocycles. The van der Waals surface area contributed by atoms with Crippen LogP contribution in [0.25, 0.3) is 0 Å². The topological polar surface area (TPSA) is 50.4 Å². The highest BCUT2D eigenvalue weighted by molar-refractivity contribution is 5.69. The van der Waals surface area contributed by atoms with Crippen molar-refractivity contribution in [1.82, 2.24) is 10.6 Å². The molecule has 2 N–H and O–H groups in total. The number of methoxy groups -OCH3 is 1. The molecule has 0 bridgehead atoms. The van der Waals surface area contributed by atoms with Crippen molar-refractivity contribution in [3.05, 3.63) is 0 Å². The number of piperidine rings is 1. The lowest BCUT2D eigenvalue weighted by Gasteiger charge is -2.40. The minimum atomic E-state index is -0.115. The van der Waals surface area contributed by atoms with Crippen LogP contribution in [-0.4, -0.2) is 38.3 Å². The third-order valence-corrected chi connectivity index (χ3v) is 4.65. The van der Waals surface area contributed by atoms with Crippen molar-refractivity contribution in [2.24, 2.45) is 5.92 Å². The van der Waals surface area contributed by atoms with Crippen LogP contribution in [0.1, 0.15) is 51.4 Å². The van der Waals surface area contributed by atoms with Gasteiger partial charge in [-0.15, -0.1) is 0 Å². The van der Waals surface area contributed by atoms with Crippen LogP contribution in [0.15, 0.2) is 0 Å². The van der Waals surface area contributed by atoms with E-state index in [-0.39, 0.29) is 5.97 Å². The smallest absolute Gasteiger partial charge is 0.306 e. The number of ether oxygens (including phenoxy) is 1. The molecule has 3 atom stereocenters. The number of nitrogens with one attached hydrogen (secondary N) is 2. The van der Waals surface area contributed by atoms with Gasteiger partial charge in [-0.3, -0.25) is 4.79 Å². The van der Waals surface area contributed by atoms with Crippen LogP contribution >= 0.6 is 0 Å². The molecule has 19 heavy (non-hydrogen) atoms. The summed E-state index contributed by atoms with van der Waals surface area (Å²) >= 11 is 0. The van der Waals surface area contributed by atoms with Gasteiger partial charge in [0.25, 0.3) is 0 Å². The minimum absolute atomic E-state index is 0.115. The molecule has 0 spiro atoms. The van der Waals surface area contributed by atoms with Crippen LogP contribution in [-0.2, 0) is 9.53 Å². The van der Waals surface area contributed by atoms with Gasteiger partial charge in [-0.25, -0.2) is 0 Å². The van der Waals surface area contributed by atoms with Gasteiger partial charge in [0.15, 0.2) is 0 Å². The first kappa shape index (κ1) is 14.8. The first-order valence-electron chi connectivity index (χ1n) is 7.85. The molecule has 2 aliphatic rings. The average molecular weight is 268 g/mol. The lowest BCUT2D eigenvalue weighted by atomic mass is 9.77. The van der Waals surface area contributed by atoms with Gasteiger partial charge in [0.2, 0.25) is 0 Å². The summed E-state index contributed by atoms with van der Waals surface area (Å²) in [7, 11) is 1.46. The molecule has 3 unspecified atom stereocenters. The van der Waals surface area contributed by atoms with Gasteiger partial charge in [0.1, 0.15) is 0 Å². The van der Waals surface area contributed by atoms with Crippen molar-refractivity contribution in [2.45, 2.75) is 63.5 Å². The lowest BCUT2D eigenvalue weighted by molar-refractivity contribution is -0.140. The molecule has 110 valence electrons. The predicted octanol–water partition coefficient (Wildman–Crippen LogP) is 1.84. The molecule has 0 aromatic heterocycles. The van der Waals surface area contributed by atoms with Crippen molar-refractivity contribution < 1.29 is 9.53 Å². The maximum absolute atomic E-state index is 11.2. The summed E-state index contributed by atoms with van der Waals surface area (Å²) in [5.41, 5.74) is 0. The molecule has 4 heteroatoms. The lowest BCUT2D eigenvalue weighted by Crippen LogP contribution is -2.50. The Hall–Kier alpha value is -0.610. The van der Waals surface area contributed by atoms with Gasteiger partial charge in [0.05, 0.1) is 13.5 Å². The number of esters is 1. The molecule has 4 nitrogen and oxygen atoms in total. The van der Waals surface area contributed by atoms with E-state index in [0.29, 0.717) is 18.5 Å². The van der Waals surface area contributed by atoms with Crippen LogP contribution in [0.3, 0.4) is 0 Å². The van der Waals surface area contributed by atoms with Crippen LogP contribution in [0.2, 0.25) is 0 Å². The number of carbonyl (C=O) groups excluding carboxylic acids is 1. The van der Waals surface area contributed by atoms with Gasteiger partial charge >= 0.3 is 5.97 Å². The van der Waals surface area contributed by atoms with Crippen molar-refractivity contribution in [3.63, 3.8) is 0 Å². The molecule has 1 saturated heterocycles. The Balaban J connectivity index is 1.79. The molecular formula is C15H28N2O2. The van der Waals surface area contributed by atoms with E-state index >= 15 is 0 Å². The highest BCUT2D eigenvalue weighted by atomic mass is 16.5. The number of carbonyl (C=O) groups is 1. The first-order valence-corrected chi connectivity index (χ1v) is 7.85. The number of hydrogen-bond donors (Lipinski definition) is 2. The summed E-state index contributed by atoms with van der Waals surface area (Å²) in [4.78, 5) is 11.2. The molecule has 1 heterocycles. The van der Waals surface area contributed by atoms with Crippen molar-refractivity contribution >= 4 is 5.97 Å². The SMILES string of the molecule is COC(=O)CCNC1CCCCC1C1CCCCN1. The minimum Gasteiger partial charge on any atom is -0.469 e. The highest BCUT2D eigenvalue weighted by Crippen LogP contribution is 2.30. The van der Waals surface area contributed by atoms with Crippen molar-refractivity contribution in [2.75, 3.05) is 20.2 Å². The molecule has 0 aromatic rings. The Labute approximate surface area is 116 Å². The summed E-state index contributed by atoms with van der Waals surface area (Å²) < 4.78 is 4.69. The zero-order chi connectivity index (χ0) is 13.5. The molecule has 0 radical (unpaired) electrons. The normalized spacial score (nSPS) is 31.9. The molecule has 2 rings (SSSR count). The molecule has 0 amide bonds. The number of hydrogen-bond acceptors (Lipinski definition) is 4. The van der Waals surface area contributed by atoms with E-state index < -0.39 is 0 Å². The van der Waals surface area contributed by atoms with E-state index in [2.05, 4.69) is 10.6 Å². The highest BCUT2D eigenvalue weighted by Gasteiger charge is 2.32. The van der Waals surface area contributed by atoms with E-state index in [1.165, 1.54) is 58.6 Å².